The molecule has 0 atom stereocenters. The Bertz CT molecular complexity index is 1130. The first-order chi connectivity index (χ1) is 18.3. The van der Waals surface area contributed by atoms with Crippen LogP contribution in [0.5, 0.6) is 0 Å². The van der Waals surface area contributed by atoms with E-state index in [1.165, 1.54) is 0 Å². The van der Waals surface area contributed by atoms with Gasteiger partial charge in [-0.2, -0.15) is 0 Å². The van der Waals surface area contributed by atoms with Gasteiger partial charge < -0.3 is 19.4 Å². The number of carbonyl (C=O) groups excluding carboxylic acids is 2. The molecule has 4 aromatic rings. The molecule has 0 bridgehead atoms. The molecule has 0 aliphatic rings. The van der Waals surface area contributed by atoms with E-state index in [1.54, 1.807) is 0 Å². The Morgan fingerprint density at radius 2 is 0.730 bits per heavy atom. The maximum absolute atomic E-state index is 11.7. The van der Waals surface area contributed by atoms with E-state index < -0.39 is 0 Å². The fraction of sp³-hybridized carbons (Fsp3) is 0.0909. The quantitative estimate of drug-likeness (QED) is 0.179. The van der Waals surface area contributed by atoms with Gasteiger partial charge in [-0.25, -0.2) is 0 Å². The third-order valence-electron chi connectivity index (χ3n) is 5.94. The van der Waals surface area contributed by atoms with Crippen molar-refractivity contribution in [3.8, 4) is 0 Å². The van der Waals surface area contributed by atoms with Gasteiger partial charge in [-0.15, -0.1) is 0 Å². The lowest BCUT2D eigenvalue weighted by Gasteiger charge is -2.28. The zero-order valence-corrected chi connectivity index (χ0v) is 20.7. The van der Waals surface area contributed by atoms with Gasteiger partial charge in [0, 0.05) is 23.5 Å². The maximum atomic E-state index is 11.7. The minimum absolute atomic E-state index is 0.193. The highest BCUT2D eigenvalue weighted by atomic mass is 16.1. The second-order valence-corrected chi connectivity index (χ2v) is 8.57. The second kappa shape index (κ2) is 13.4. The number of benzene rings is 4. The topological polar surface area (TPSA) is 40.6 Å². The molecule has 0 amide bonds. The van der Waals surface area contributed by atoms with E-state index in [-0.39, 0.29) is 13.1 Å². The number of hydrogen-bond acceptors (Lipinski definition) is 4. The number of rotatable bonds is 12. The Labute approximate surface area is 218 Å². The van der Waals surface area contributed by atoms with Crippen LogP contribution in [-0.4, -0.2) is 42.1 Å². The molecule has 37 heavy (non-hydrogen) atoms. The van der Waals surface area contributed by atoms with Crippen LogP contribution in [0.4, 0.5) is 0 Å². The standard InChI is InChI=1S/C33H30N2O2/c36-23-21-34(25-32(28-13-5-1-6-14-28)29-15-7-2-8-16-29)27-35(22-24-37)26-33(30-17-9-3-10-18-30)31-19-11-4-12-20-31/h1-20,23-26H,21-22,27H2. The molecule has 4 heteroatoms. The van der Waals surface area contributed by atoms with Crippen LogP contribution in [0, 0.1) is 0 Å². The van der Waals surface area contributed by atoms with Crippen molar-refractivity contribution in [1.29, 1.82) is 0 Å². The molecule has 0 heterocycles. The highest BCUT2D eigenvalue weighted by molar-refractivity contribution is 5.80. The lowest BCUT2D eigenvalue weighted by atomic mass is 9.98. The van der Waals surface area contributed by atoms with Crippen LogP contribution in [0.2, 0.25) is 0 Å². The zero-order chi connectivity index (χ0) is 25.7. The Hall–Kier alpha value is -4.70. The molecule has 4 nitrogen and oxygen atoms in total. The van der Waals surface area contributed by atoms with Gasteiger partial charge in [0.15, 0.2) is 0 Å². The molecule has 0 aromatic heterocycles. The summed E-state index contributed by atoms with van der Waals surface area (Å²) in [7, 11) is 0. The highest BCUT2D eigenvalue weighted by Crippen LogP contribution is 2.26. The van der Waals surface area contributed by atoms with Crippen molar-refractivity contribution < 1.29 is 9.59 Å². The van der Waals surface area contributed by atoms with Gasteiger partial charge in [-0.05, 0) is 22.3 Å². The minimum Gasteiger partial charge on any atom is -0.352 e. The fourth-order valence-corrected chi connectivity index (χ4v) is 4.19. The molecule has 0 fully saturated rings. The molecule has 184 valence electrons. The van der Waals surface area contributed by atoms with Gasteiger partial charge in [-0.1, -0.05) is 121 Å². The van der Waals surface area contributed by atoms with Crippen LogP contribution in [0.25, 0.3) is 11.1 Å². The zero-order valence-electron chi connectivity index (χ0n) is 20.7. The van der Waals surface area contributed by atoms with Gasteiger partial charge in [0.1, 0.15) is 12.6 Å². The largest absolute Gasteiger partial charge is 0.352 e. The summed E-state index contributed by atoms with van der Waals surface area (Å²) >= 11 is 0. The molecule has 0 aliphatic carbocycles. The monoisotopic (exact) mass is 486 g/mol. The summed E-state index contributed by atoms with van der Waals surface area (Å²) in [5.41, 5.74) is 6.22. The summed E-state index contributed by atoms with van der Waals surface area (Å²) in [5.74, 6) is 0. The first-order valence-corrected chi connectivity index (χ1v) is 12.3. The molecule has 0 radical (unpaired) electrons. The van der Waals surface area contributed by atoms with Crippen molar-refractivity contribution in [2.45, 2.75) is 0 Å². The SMILES string of the molecule is O=CCN(C=C(c1ccccc1)c1ccccc1)CN(C=C(c1ccccc1)c1ccccc1)CC=O. The van der Waals surface area contributed by atoms with E-state index in [4.69, 9.17) is 0 Å². The average Bonchev–Trinajstić information content (AvgIpc) is 2.96. The smallest absolute Gasteiger partial charge is 0.139 e. The van der Waals surface area contributed by atoms with Crippen LogP contribution in [0.1, 0.15) is 22.3 Å². The van der Waals surface area contributed by atoms with Crippen LogP contribution < -0.4 is 0 Å². The number of hydrogen-bond donors (Lipinski definition) is 0. The Kier molecular flexibility index (Phi) is 9.20. The molecule has 0 aliphatic heterocycles. The van der Waals surface area contributed by atoms with Gasteiger partial charge in [0.25, 0.3) is 0 Å². The van der Waals surface area contributed by atoms with E-state index >= 15 is 0 Å². The van der Waals surface area contributed by atoms with Gasteiger partial charge >= 0.3 is 0 Å². The van der Waals surface area contributed by atoms with Crippen LogP contribution in [-0.2, 0) is 9.59 Å². The lowest BCUT2D eigenvalue weighted by Crippen LogP contribution is -2.34. The van der Waals surface area contributed by atoms with Gasteiger partial charge in [0.05, 0.1) is 19.8 Å². The minimum atomic E-state index is 0.193. The average molecular weight is 487 g/mol. The predicted molar refractivity (Wildman–Crippen MR) is 150 cm³/mol. The second-order valence-electron chi connectivity index (χ2n) is 8.57. The van der Waals surface area contributed by atoms with E-state index in [0.717, 1.165) is 46.0 Å². The summed E-state index contributed by atoms with van der Waals surface area (Å²) in [6.45, 7) is 0.751. The Balaban J connectivity index is 1.74. The van der Waals surface area contributed by atoms with Crippen molar-refractivity contribution >= 4 is 23.7 Å². The molecule has 0 unspecified atom stereocenters. The molecule has 4 rings (SSSR count). The Morgan fingerprint density at radius 3 is 0.973 bits per heavy atom. The highest BCUT2D eigenvalue weighted by Gasteiger charge is 2.13. The number of aldehydes is 2. The van der Waals surface area contributed by atoms with E-state index in [0.29, 0.717) is 6.67 Å². The van der Waals surface area contributed by atoms with Crippen LogP contribution in [0.3, 0.4) is 0 Å². The van der Waals surface area contributed by atoms with E-state index in [2.05, 4.69) is 48.5 Å². The summed E-state index contributed by atoms with van der Waals surface area (Å²) in [6.07, 6.45) is 5.80. The molecule has 0 spiro atoms. The summed E-state index contributed by atoms with van der Waals surface area (Å²) in [6, 6.07) is 40.5. The molecule has 0 saturated carbocycles. The van der Waals surface area contributed by atoms with E-state index in [9.17, 15) is 9.59 Å². The molecule has 0 N–H and O–H groups in total. The van der Waals surface area contributed by atoms with Crippen LogP contribution >= 0.6 is 0 Å². The third kappa shape index (κ3) is 7.15. The molecule has 4 aromatic carbocycles. The Morgan fingerprint density at radius 1 is 0.459 bits per heavy atom. The van der Waals surface area contributed by atoms with Gasteiger partial charge in [0.2, 0.25) is 0 Å². The third-order valence-corrected chi connectivity index (χ3v) is 5.94. The number of nitrogens with zero attached hydrogens (tertiary/aromatic N) is 2. The lowest BCUT2D eigenvalue weighted by molar-refractivity contribution is -0.109. The fourth-order valence-electron chi connectivity index (χ4n) is 4.19. The first kappa shape index (κ1) is 25.4. The van der Waals surface area contributed by atoms with Crippen molar-refractivity contribution in [3.63, 3.8) is 0 Å². The number of carbonyl (C=O) groups is 2. The predicted octanol–water partition coefficient (Wildman–Crippen LogP) is 6.12. The van der Waals surface area contributed by atoms with Crippen LogP contribution in [0.15, 0.2) is 134 Å². The molecule has 0 saturated heterocycles. The van der Waals surface area contributed by atoms with E-state index in [1.807, 2.05) is 95.0 Å². The molecular weight excluding hydrogens is 456 g/mol. The first-order valence-electron chi connectivity index (χ1n) is 12.3. The van der Waals surface area contributed by atoms with Gasteiger partial charge in [-0.3, -0.25) is 0 Å². The normalized spacial score (nSPS) is 10.2. The van der Waals surface area contributed by atoms with Crippen molar-refractivity contribution in [3.05, 3.63) is 156 Å². The summed E-state index contributed by atoms with van der Waals surface area (Å²) in [4.78, 5) is 27.3. The van der Waals surface area contributed by atoms with Crippen molar-refractivity contribution in [1.82, 2.24) is 9.80 Å². The maximum Gasteiger partial charge on any atom is 0.139 e. The summed E-state index contributed by atoms with van der Waals surface area (Å²) < 4.78 is 0. The van der Waals surface area contributed by atoms with Crippen molar-refractivity contribution in [2.24, 2.45) is 0 Å². The molecular formula is C33H30N2O2. The van der Waals surface area contributed by atoms with Crippen molar-refractivity contribution in [2.75, 3.05) is 19.8 Å². The summed E-state index contributed by atoms with van der Waals surface area (Å²) in [5, 5.41) is 0.